The smallest absolute Gasteiger partial charge is 0.255 e. The number of aliphatic hydroxyl groups excluding tert-OH is 1. The fraction of sp³-hybridized carbons (Fsp3) is 0.562. The zero-order valence-electron chi connectivity index (χ0n) is 12.0. The lowest BCUT2D eigenvalue weighted by Crippen LogP contribution is -2.43. The van der Waals surface area contributed by atoms with Crippen LogP contribution in [0.3, 0.4) is 0 Å². The molecule has 0 bridgehead atoms. The summed E-state index contributed by atoms with van der Waals surface area (Å²) in [6.07, 6.45) is 4.16. The van der Waals surface area contributed by atoms with Crippen molar-refractivity contribution in [2.75, 3.05) is 13.2 Å². The molecule has 0 aromatic heterocycles. The number of aliphatic hydroxyl groups is 1. The molecule has 2 rings (SSSR count). The number of rotatable bonds is 5. The van der Waals surface area contributed by atoms with Crippen molar-refractivity contribution >= 4 is 5.91 Å². The van der Waals surface area contributed by atoms with E-state index in [1.165, 1.54) is 0 Å². The highest BCUT2D eigenvalue weighted by atomic mass is 16.5. The number of para-hydroxylation sites is 1. The van der Waals surface area contributed by atoms with E-state index in [4.69, 9.17) is 4.74 Å². The average molecular weight is 277 g/mol. The molecule has 20 heavy (non-hydrogen) atoms. The SMILES string of the molecule is CCOc1ccccc1C(=O)NC1CCCCC1CO. The third-order valence-corrected chi connectivity index (χ3v) is 3.89. The number of amides is 1. The topological polar surface area (TPSA) is 58.6 Å². The van der Waals surface area contributed by atoms with Crippen LogP contribution in [0.4, 0.5) is 0 Å². The van der Waals surface area contributed by atoms with Crippen LogP contribution in [0.15, 0.2) is 24.3 Å². The van der Waals surface area contributed by atoms with Gasteiger partial charge in [0.15, 0.2) is 0 Å². The van der Waals surface area contributed by atoms with Crippen molar-refractivity contribution in [3.05, 3.63) is 29.8 Å². The van der Waals surface area contributed by atoms with E-state index in [0.717, 1.165) is 25.7 Å². The summed E-state index contributed by atoms with van der Waals surface area (Å²) < 4.78 is 5.49. The Morgan fingerprint density at radius 1 is 1.35 bits per heavy atom. The normalized spacial score (nSPS) is 22.3. The molecule has 0 spiro atoms. The maximum Gasteiger partial charge on any atom is 0.255 e. The predicted octanol–water partition coefficient (Wildman–Crippen LogP) is 2.37. The van der Waals surface area contributed by atoms with Crippen molar-refractivity contribution in [1.29, 1.82) is 0 Å². The van der Waals surface area contributed by atoms with Crippen LogP contribution in [0.2, 0.25) is 0 Å². The fourth-order valence-corrected chi connectivity index (χ4v) is 2.80. The quantitative estimate of drug-likeness (QED) is 0.868. The van der Waals surface area contributed by atoms with Crippen molar-refractivity contribution < 1.29 is 14.6 Å². The van der Waals surface area contributed by atoms with Crippen LogP contribution < -0.4 is 10.1 Å². The van der Waals surface area contributed by atoms with Gasteiger partial charge in [-0.1, -0.05) is 25.0 Å². The molecular weight excluding hydrogens is 254 g/mol. The van der Waals surface area contributed by atoms with E-state index >= 15 is 0 Å². The summed E-state index contributed by atoms with van der Waals surface area (Å²) in [7, 11) is 0. The Bertz CT molecular complexity index is 447. The second-order valence-electron chi connectivity index (χ2n) is 5.24. The highest BCUT2D eigenvalue weighted by molar-refractivity contribution is 5.97. The van der Waals surface area contributed by atoms with Gasteiger partial charge in [-0.25, -0.2) is 0 Å². The Morgan fingerprint density at radius 2 is 2.10 bits per heavy atom. The molecule has 1 amide bonds. The minimum absolute atomic E-state index is 0.0657. The molecule has 1 saturated carbocycles. The Balaban J connectivity index is 2.07. The Kier molecular flexibility index (Phi) is 5.41. The molecule has 110 valence electrons. The van der Waals surface area contributed by atoms with E-state index in [0.29, 0.717) is 17.9 Å². The number of hydrogen-bond acceptors (Lipinski definition) is 3. The minimum Gasteiger partial charge on any atom is -0.493 e. The van der Waals surface area contributed by atoms with E-state index in [9.17, 15) is 9.90 Å². The van der Waals surface area contributed by atoms with Crippen molar-refractivity contribution in [2.24, 2.45) is 5.92 Å². The van der Waals surface area contributed by atoms with E-state index in [1.54, 1.807) is 6.07 Å². The summed E-state index contributed by atoms with van der Waals surface area (Å²) in [6.45, 7) is 2.57. The van der Waals surface area contributed by atoms with Gasteiger partial charge in [-0.2, -0.15) is 0 Å². The van der Waals surface area contributed by atoms with Crippen LogP contribution in [0.25, 0.3) is 0 Å². The molecule has 2 N–H and O–H groups in total. The first-order valence-electron chi connectivity index (χ1n) is 7.39. The molecule has 0 saturated heterocycles. The first-order chi connectivity index (χ1) is 9.76. The Morgan fingerprint density at radius 3 is 2.85 bits per heavy atom. The molecule has 1 aromatic rings. The summed E-state index contributed by atoms with van der Waals surface area (Å²) in [6, 6.07) is 7.34. The molecule has 2 unspecified atom stereocenters. The van der Waals surface area contributed by atoms with Crippen molar-refractivity contribution in [2.45, 2.75) is 38.6 Å². The van der Waals surface area contributed by atoms with Gasteiger partial charge < -0.3 is 15.2 Å². The molecule has 1 aliphatic rings. The molecule has 1 aromatic carbocycles. The van der Waals surface area contributed by atoms with E-state index in [2.05, 4.69) is 5.32 Å². The zero-order chi connectivity index (χ0) is 14.4. The van der Waals surface area contributed by atoms with Crippen molar-refractivity contribution in [1.82, 2.24) is 5.32 Å². The number of carbonyl (C=O) groups is 1. The maximum atomic E-state index is 12.4. The van der Waals surface area contributed by atoms with Crippen LogP contribution in [0.1, 0.15) is 43.0 Å². The van der Waals surface area contributed by atoms with Crippen LogP contribution >= 0.6 is 0 Å². The maximum absolute atomic E-state index is 12.4. The summed E-state index contributed by atoms with van der Waals surface area (Å²) >= 11 is 0. The molecule has 0 radical (unpaired) electrons. The van der Waals surface area contributed by atoms with Crippen LogP contribution in [-0.4, -0.2) is 30.3 Å². The summed E-state index contributed by atoms with van der Waals surface area (Å²) in [5.41, 5.74) is 0.566. The Labute approximate surface area is 120 Å². The summed E-state index contributed by atoms with van der Waals surface area (Å²) in [5.74, 6) is 0.676. The first kappa shape index (κ1) is 14.9. The van der Waals surface area contributed by atoms with E-state index in [-0.39, 0.29) is 24.5 Å². The highest BCUT2D eigenvalue weighted by Gasteiger charge is 2.26. The summed E-state index contributed by atoms with van der Waals surface area (Å²) in [5, 5.41) is 12.5. The second-order valence-corrected chi connectivity index (χ2v) is 5.24. The molecule has 1 fully saturated rings. The van der Waals surface area contributed by atoms with Crippen LogP contribution in [0, 0.1) is 5.92 Å². The lowest BCUT2D eigenvalue weighted by atomic mass is 9.85. The highest BCUT2D eigenvalue weighted by Crippen LogP contribution is 2.25. The van der Waals surface area contributed by atoms with Gasteiger partial charge in [-0.05, 0) is 31.9 Å². The van der Waals surface area contributed by atoms with Gasteiger partial charge in [-0.3, -0.25) is 4.79 Å². The first-order valence-corrected chi connectivity index (χ1v) is 7.39. The molecule has 0 aliphatic heterocycles. The van der Waals surface area contributed by atoms with Crippen molar-refractivity contribution in [3.8, 4) is 5.75 Å². The van der Waals surface area contributed by atoms with Crippen LogP contribution in [0.5, 0.6) is 5.75 Å². The zero-order valence-corrected chi connectivity index (χ0v) is 12.0. The van der Waals surface area contributed by atoms with Crippen molar-refractivity contribution in [3.63, 3.8) is 0 Å². The monoisotopic (exact) mass is 277 g/mol. The molecule has 4 nitrogen and oxygen atoms in total. The number of nitrogens with one attached hydrogen (secondary N) is 1. The van der Waals surface area contributed by atoms with E-state index < -0.39 is 0 Å². The molecule has 0 heterocycles. The average Bonchev–Trinajstić information content (AvgIpc) is 2.48. The third-order valence-electron chi connectivity index (χ3n) is 3.89. The van der Waals surface area contributed by atoms with Gasteiger partial charge in [0.2, 0.25) is 0 Å². The van der Waals surface area contributed by atoms with Gasteiger partial charge in [0.1, 0.15) is 5.75 Å². The Hall–Kier alpha value is -1.55. The minimum atomic E-state index is -0.112. The molecule has 4 heteroatoms. The number of carbonyl (C=O) groups excluding carboxylic acids is 1. The molecule has 1 aliphatic carbocycles. The number of benzene rings is 1. The molecular formula is C16H23NO3. The second kappa shape index (κ2) is 7.29. The predicted molar refractivity (Wildman–Crippen MR) is 77.9 cm³/mol. The summed E-state index contributed by atoms with van der Waals surface area (Å²) in [4.78, 5) is 12.4. The standard InChI is InChI=1S/C16H23NO3/c1-2-20-15-10-6-4-8-13(15)16(19)17-14-9-5-3-7-12(14)11-18/h4,6,8,10,12,14,18H,2-3,5,7,9,11H2,1H3,(H,17,19). The van der Waals surface area contributed by atoms with Gasteiger partial charge in [0.25, 0.3) is 5.91 Å². The lowest BCUT2D eigenvalue weighted by molar-refractivity contribution is 0.0869. The van der Waals surface area contributed by atoms with Gasteiger partial charge >= 0.3 is 0 Å². The van der Waals surface area contributed by atoms with Gasteiger partial charge in [0.05, 0.1) is 12.2 Å². The third kappa shape index (κ3) is 3.51. The fourth-order valence-electron chi connectivity index (χ4n) is 2.80. The number of hydrogen-bond donors (Lipinski definition) is 2. The largest absolute Gasteiger partial charge is 0.493 e. The molecule has 2 atom stereocenters. The lowest BCUT2D eigenvalue weighted by Gasteiger charge is -2.31. The van der Waals surface area contributed by atoms with E-state index in [1.807, 2.05) is 25.1 Å². The van der Waals surface area contributed by atoms with Gasteiger partial charge in [0, 0.05) is 18.6 Å². The number of ether oxygens (including phenoxy) is 1. The van der Waals surface area contributed by atoms with Gasteiger partial charge in [-0.15, -0.1) is 0 Å². The van der Waals surface area contributed by atoms with Crippen LogP contribution in [-0.2, 0) is 0 Å².